The Balaban J connectivity index is 1.96. The molecule has 112 valence electrons. The molecule has 0 amide bonds. The lowest BCUT2D eigenvalue weighted by Crippen LogP contribution is -2.17. The van der Waals surface area contributed by atoms with Crippen molar-refractivity contribution in [1.82, 2.24) is 0 Å². The van der Waals surface area contributed by atoms with Crippen LogP contribution in [0.4, 0.5) is 18.9 Å². The fraction of sp³-hybridized carbons (Fsp3) is 0.143. The zero-order chi connectivity index (χ0) is 15.5. The maximum atomic E-state index is 12.0. The van der Waals surface area contributed by atoms with Gasteiger partial charge in [0.1, 0.15) is 5.75 Å². The summed E-state index contributed by atoms with van der Waals surface area (Å²) in [7, 11) is 0. The number of halogens is 5. The van der Waals surface area contributed by atoms with Crippen molar-refractivity contribution in [2.75, 3.05) is 5.32 Å². The first-order valence-corrected chi connectivity index (χ1v) is 7.04. The molecule has 2 nitrogen and oxygen atoms in total. The number of ether oxygens (including phenoxy) is 1. The van der Waals surface area contributed by atoms with Crippen molar-refractivity contribution in [2.24, 2.45) is 0 Å². The molecule has 2 aromatic rings. The third-order valence-corrected chi connectivity index (χ3v) is 3.80. The number of hydrogen-bond donors (Lipinski definition) is 1. The first kappa shape index (κ1) is 16.0. The van der Waals surface area contributed by atoms with Gasteiger partial charge in [-0.1, -0.05) is 17.7 Å². The topological polar surface area (TPSA) is 21.3 Å². The fourth-order valence-electron chi connectivity index (χ4n) is 1.63. The van der Waals surface area contributed by atoms with Gasteiger partial charge < -0.3 is 10.1 Å². The molecule has 0 saturated carbocycles. The van der Waals surface area contributed by atoms with E-state index in [0.717, 1.165) is 10.0 Å². The second-order valence-electron chi connectivity index (χ2n) is 4.17. The summed E-state index contributed by atoms with van der Waals surface area (Å²) in [6.45, 7) is 0.506. The van der Waals surface area contributed by atoms with Gasteiger partial charge in [-0.2, -0.15) is 0 Å². The summed E-state index contributed by atoms with van der Waals surface area (Å²) in [6.07, 6.45) is -4.68. The van der Waals surface area contributed by atoms with E-state index in [4.69, 9.17) is 11.6 Å². The molecule has 0 spiro atoms. The van der Waals surface area contributed by atoms with Crippen molar-refractivity contribution in [3.63, 3.8) is 0 Å². The lowest BCUT2D eigenvalue weighted by molar-refractivity contribution is -0.274. The zero-order valence-electron chi connectivity index (χ0n) is 10.5. The normalized spacial score (nSPS) is 11.3. The van der Waals surface area contributed by atoms with Gasteiger partial charge in [0.25, 0.3) is 0 Å². The van der Waals surface area contributed by atoms with Gasteiger partial charge >= 0.3 is 6.36 Å². The first-order valence-electron chi connectivity index (χ1n) is 5.87. The maximum absolute atomic E-state index is 12.0. The Hall–Kier alpha value is -1.40. The highest BCUT2D eigenvalue weighted by molar-refractivity contribution is 9.10. The molecule has 2 rings (SSSR count). The molecule has 7 heteroatoms. The second-order valence-corrected chi connectivity index (χ2v) is 5.44. The van der Waals surface area contributed by atoms with Gasteiger partial charge in [-0.25, -0.2) is 0 Å². The largest absolute Gasteiger partial charge is 0.573 e. The van der Waals surface area contributed by atoms with E-state index in [9.17, 15) is 13.2 Å². The third-order valence-electron chi connectivity index (χ3n) is 2.57. The minimum atomic E-state index is -4.68. The molecule has 0 heterocycles. The van der Waals surface area contributed by atoms with Gasteiger partial charge in [0.2, 0.25) is 0 Å². The van der Waals surface area contributed by atoms with Gasteiger partial charge in [0.05, 0.1) is 5.02 Å². The van der Waals surface area contributed by atoms with Crippen molar-refractivity contribution in [3.05, 3.63) is 57.5 Å². The van der Waals surface area contributed by atoms with Crippen molar-refractivity contribution in [1.29, 1.82) is 0 Å². The van der Waals surface area contributed by atoms with E-state index in [2.05, 4.69) is 26.0 Å². The highest BCUT2D eigenvalue weighted by Crippen LogP contribution is 2.25. The maximum Gasteiger partial charge on any atom is 0.573 e. The van der Waals surface area contributed by atoms with Crippen LogP contribution < -0.4 is 10.1 Å². The summed E-state index contributed by atoms with van der Waals surface area (Å²) in [5.74, 6) is -0.250. The van der Waals surface area contributed by atoms with E-state index in [-0.39, 0.29) is 5.75 Å². The van der Waals surface area contributed by atoms with E-state index < -0.39 is 6.36 Å². The predicted octanol–water partition coefficient (Wildman–Crippen LogP) is 5.61. The predicted molar refractivity (Wildman–Crippen MR) is 79.6 cm³/mol. The SMILES string of the molecule is FC(F)(F)Oc1ccc(NCc2ccc(Br)c(Cl)c2)cc1. The minimum absolute atomic E-state index is 0.250. The number of hydrogen-bond acceptors (Lipinski definition) is 2. The molecule has 0 aromatic heterocycles. The average molecular weight is 381 g/mol. The molecule has 2 aromatic carbocycles. The molecule has 1 N–H and O–H groups in total. The Bertz CT molecular complexity index is 617. The summed E-state index contributed by atoms with van der Waals surface area (Å²) < 4.78 is 40.7. The first-order chi connectivity index (χ1) is 9.83. The van der Waals surface area contributed by atoms with Crippen LogP contribution in [-0.4, -0.2) is 6.36 Å². The lowest BCUT2D eigenvalue weighted by Gasteiger charge is -2.10. The molecule has 0 atom stereocenters. The van der Waals surface area contributed by atoms with Crippen LogP contribution in [0, 0.1) is 0 Å². The third kappa shape index (κ3) is 5.13. The highest BCUT2D eigenvalue weighted by Gasteiger charge is 2.30. The summed E-state index contributed by atoms with van der Waals surface area (Å²) in [4.78, 5) is 0. The highest BCUT2D eigenvalue weighted by atomic mass is 79.9. The van der Waals surface area contributed by atoms with Crippen molar-refractivity contribution in [2.45, 2.75) is 12.9 Å². The standard InChI is InChI=1S/C14H10BrClF3NO/c15-12-6-1-9(7-13(12)16)8-20-10-2-4-11(5-3-10)21-14(17,18)19/h1-7,20H,8H2. The molecule has 0 saturated heterocycles. The Labute approximate surface area is 133 Å². The Morgan fingerprint density at radius 3 is 2.33 bits per heavy atom. The fourth-order valence-corrected chi connectivity index (χ4v) is 2.08. The van der Waals surface area contributed by atoms with Crippen molar-refractivity contribution >= 4 is 33.2 Å². The van der Waals surface area contributed by atoms with Gasteiger partial charge in [-0.05, 0) is 57.9 Å². The molecule has 0 unspecified atom stereocenters. The van der Waals surface area contributed by atoms with E-state index >= 15 is 0 Å². The molecule has 0 aliphatic carbocycles. The quantitative estimate of drug-likeness (QED) is 0.744. The summed E-state index contributed by atoms with van der Waals surface area (Å²) in [5, 5.41) is 3.69. The number of benzene rings is 2. The van der Waals surface area contributed by atoms with E-state index in [1.54, 1.807) is 6.07 Å². The lowest BCUT2D eigenvalue weighted by atomic mass is 10.2. The molecule has 21 heavy (non-hydrogen) atoms. The molecule has 0 fully saturated rings. The van der Waals surface area contributed by atoms with Crippen LogP contribution in [-0.2, 0) is 6.54 Å². The molecule has 0 aliphatic heterocycles. The molecule has 0 bridgehead atoms. The summed E-state index contributed by atoms with van der Waals surface area (Å²) in [6, 6.07) is 11.1. The van der Waals surface area contributed by atoms with Gasteiger partial charge in [-0.15, -0.1) is 13.2 Å². The number of nitrogens with one attached hydrogen (secondary N) is 1. The summed E-state index contributed by atoms with van der Waals surface area (Å²) in [5.41, 5.74) is 1.64. The number of alkyl halides is 3. The zero-order valence-corrected chi connectivity index (χ0v) is 12.9. The van der Waals surface area contributed by atoms with Crippen molar-refractivity contribution < 1.29 is 17.9 Å². The number of rotatable bonds is 4. The van der Waals surface area contributed by atoms with Gasteiger partial charge in [0, 0.05) is 16.7 Å². The van der Waals surface area contributed by atoms with Crippen LogP contribution in [0.1, 0.15) is 5.56 Å². The van der Waals surface area contributed by atoms with E-state index in [1.807, 2.05) is 12.1 Å². The van der Waals surface area contributed by atoms with Gasteiger partial charge in [-0.3, -0.25) is 0 Å². The molecule has 0 aliphatic rings. The summed E-state index contributed by atoms with van der Waals surface area (Å²) >= 11 is 9.28. The van der Waals surface area contributed by atoms with Crippen LogP contribution in [0.25, 0.3) is 0 Å². The monoisotopic (exact) mass is 379 g/mol. The Kier molecular flexibility index (Phi) is 5.00. The average Bonchev–Trinajstić information content (AvgIpc) is 2.40. The minimum Gasteiger partial charge on any atom is -0.406 e. The second kappa shape index (κ2) is 6.58. The van der Waals surface area contributed by atoms with Gasteiger partial charge in [0.15, 0.2) is 0 Å². The van der Waals surface area contributed by atoms with Crippen LogP contribution in [0.15, 0.2) is 46.9 Å². The van der Waals surface area contributed by atoms with Crippen molar-refractivity contribution in [3.8, 4) is 5.75 Å². The molecular formula is C14H10BrClF3NO. The van der Waals surface area contributed by atoms with E-state index in [1.165, 1.54) is 24.3 Å². The molecular weight excluding hydrogens is 371 g/mol. The molecule has 0 radical (unpaired) electrons. The smallest absolute Gasteiger partial charge is 0.406 e. The number of anilines is 1. The Morgan fingerprint density at radius 2 is 1.76 bits per heavy atom. The van der Waals surface area contributed by atoms with Crippen LogP contribution in [0.2, 0.25) is 5.02 Å². The van der Waals surface area contributed by atoms with Crippen LogP contribution >= 0.6 is 27.5 Å². The van der Waals surface area contributed by atoms with Crippen LogP contribution in [0.5, 0.6) is 5.75 Å². The van der Waals surface area contributed by atoms with E-state index in [0.29, 0.717) is 17.3 Å². The Morgan fingerprint density at radius 1 is 1.10 bits per heavy atom. The van der Waals surface area contributed by atoms with Crippen LogP contribution in [0.3, 0.4) is 0 Å².